The van der Waals surface area contributed by atoms with Crippen LogP contribution in [0.1, 0.15) is 33.0 Å². The Hall–Kier alpha value is -1.75. The molecule has 2 heterocycles. The van der Waals surface area contributed by atoms with E-state index >= 15 is 0 Å². The first kappa shape index (κ1) is 17.1. The fraction of sp³-hybridized carbons (Fsp3) is 0.556. The number of imidazole rings is 1. The van der Waals surface area contributed by atoms with Gasteiger partial charge in [-0.1, -0.05) is 12.1 Å². The van der Waals surface area contributed by atoms with E-state index in [2.05, 4.69) is 15.6 Å². The predicted molar refractivity (Wildman–Crippen MR) is 95.2 cm³/mol. The molecule has 1 saturated heterocycles. The molecule has 0 spiro atoms. The van der Waals surface area contributed by atoms with Gasteiger partial charge in [-0.2, -0.15) is 0 Å². The first-order chi connectivity index (χ1) is 11.4. The first-order valence-electron chi connectivity index (χ1n) is 8.35. The number of likely N-dealkylation sites (tertiary alicyclic amines) is 1. The van der Waals surface area contributed by atoms with E-state index in [1.54, 1.807) is 4.90 Å². The molecule has 1 aliphatic heterocycles. The molecule has 0 aliphatic carbocycles. The van der Waals surface area contributed by atoms with E-state index in [1.807, 2.05) is 39.0 Å². The third-order valence-corrected chi connectivity index (χ3v) is 4.47. The Bertz CT molecular complexity index is 735. The van der Waals surface area contributed by atoms with Crippen LogP contribution in [0.15, 0.2) is 24.3 Å². The topological polar surface area (TPSA) is 47.4 Å². The number of aromatic nitrogens is 2. The van der Waals surface area contributed by atoms with Crippen LogP contribution >= 0.6 is 11.6 Å². The van der Waals surface area contributed by atoms with Crippen LogP contribution < -0.4 is 0 Å². The molecule has 0 radical (unpaired) electrons. The zero-order valence-electron chi connectivity index (χ0n) is 14.5. The van der Waals surface area contributed by atoms with Crippen molar-refractivity contribution in [3.8, 4) is 0 Å². The number of fused-ring (bicyclic) bond motifs is 1. The lowest BCUT2D eigenvalue weighted by molar-refractivity contribution is 0.0287. The van der Waals surface area contributed by atoms with Crippen LogP contribution in [0.2, 0.25) is 0 Å². The van der Waals surface area contributed by atoms with Crippen LogP contribution in [0.3, 0.4) is 0 Å². The monoisotopic (exact) mass is 349 g/mol. The van der Waals surface area contributed by atoms with E-state index < -0.39 is 5.60 Å². The highest BCUT2D eigenvalue weighted by Crippen LogP contribution is 2.24. The molecule has 2 aromatic rings. The second kappa shape index (κ2) is 6.63. The number of halogens is 1. The Morgan fingerprint density at radius 3 is 2.83 bits per heavy atom. The second-order valence-corrected chi connectivity index (χ2v) is 7.61. The van der Waals surface area contributed by atoms with E-state index in [1.165, 1.54) is 0 Å². The second-order valence-electron chi connectivity index (χ2n) is 7.34. The van der Waals surface area contributed by atoms with Crippen molar-refractivity contribution in [3.63, 3.8) is 0 Å². The molecule has 1 fully saturated rings. The molecule has 3 rings (SSSR count). The van der Waals surface area contributed by atoms with Crippen LogP contribution in [0.25, 0.3) is 11.0 Å². The fourth-order valence-corrected chi connectivity index (χ4v) is 3.37. The number of hydrogen-bond donors (Lipinski definition) is 0. The molecule has 6 heteroatoms. The van der Waals surface area contributed by atoms with Crippen LogP contribution in [-0.4, -0.2) is 39.2 Å². The van der Waals surface area contributed by atoms with Gasteiger partial charge in [0.05, 0.1) is 16.9 Å². The molecule has 1 aliphatic rings. The Kier molecular flexibility index (Phi) is 4.72. The van der Waals surface area contributed by atoms with Gasteiger partial charge in [-0.15, -0.1) is 11.6 Å². The number of ether oxygens (including phenoxy) is 1. The summed E-state index contributed by atoms with van der Waals surface area (Å²) in [6.07, 6.45) is 0.742. The Balaban J connectivity index is 1.71. The average Bonchev–Trinajstić information content (AvgIpc) is 3.11. The number of carbonyl (C=O) groups is 1. The van der Waals surface area contributed by atoms with E-state index in [0.717, 1.165) is 36.4 Å². The van der Waals surface area contributed by atoms with Crippen LogP contribution in [-0.2, 0) is 17.2 Å². The van der Waals surface area contributed by atoms with Gasteiger partial charge >= 0.3 is 6.09 Å². The van der Waals surface area contributed by atoms with Gasteiger partial charge in [-0.3, -0.25) is 0 Å². The summed E-state index contributed by atoms with van der Waals surface area (Å²) < 4.78 is 7.65. The molecular weight excluding hydrogens is 326 g/mol. The minimum absolute atomic E-state index is 0.224. The van der Waals surface area contributed by atoms with Gasteiger partial charge in [0.25, 0.3) is 0 Å². The largest absolute Gasteiger partial charge is 0.444 e. The highest BCUT2D eigenvalue weighted by Gasteiger charge is 2.30. The lowest BCUT2D eigenvalue weighted by Gasteiger charge is -2.24. The molecule has 0 N–H and O–H groups in total. The number of nitrogens with zero attached hydrogens (tertiary/aromatic N) is 3. The van der Waals surface area contributed by atoms with Gasteiger partial charge < -0.3 is 14.2 Å². The zero-order chi connectivity index (χ0) is 17.3. The molecule has 1 atom stereocenters. The third-order valence-electron chi connectivity index (χ3n) is 4.23. The van der Waals surface area contributed by atoms with Crippen LogP contribution in [0, 0.1) is 5.92 Å². The van der Waals surface area contributed by atoms with Crippen molar-refractivity contribution in [1.82, 2.24) is 14.5 Å². The van der Waals surface area contributed by atoms with E-state index in [-0.39, 0.29) is 6.09 Å². The molecule has 1 unspecified atom stereocenters. The highest BCUT2D eigenvalue weighted by molar-refractivity contribution is 6.16. The zero-order valence-corrected chi connectivity index (χ0v) is 15.2. The summed E-state index contributed by atoms with van der Waals surface area (Å²) in [5.74, 6) is 1.66. The van der Waals surface area contributed by atoms with Gasteiger partial charge in [0.15, 0.2) is 0 Å². The Morgan fingerprint density at radius 1 is 1.38 bits per heavy atom. The molecule has 130 valence electrons. The van der Waals surface area contributed by atoms with E-state index in [0.29, 0.717) is 18.3 Å². The summed E-state index contributed by atoms with van der Waals surface area (Å²) in [5.41, 5.74) is 1.61. The molecular formula is C18H24ClN3O2. The smallest absolute Gasteiger partial charge is 0.410 e. The van der Waals surface area contributed by atoms with E-state index in [4.69, 9.17) is 16.3 Å². The Morgan fingerprint density at radius 2 is 2.12 bits per heavy atom. The standard InChI is InChI=1S/C18H24ClN3O2/c1-18(2,3)24-17(23)21-9-8-13(11-21)12-22-15-7-5-4-6-14(15)20-16(22)10-19/h4-7,13H,8-12H2,1-3H3. The molecule has 24 heavy (non-hydrogen) atoms. The van der Waals surface area contributed by atoms with Crippen molar-refractivity contribution in [2.24, 2.45) is 5.92 Å². The van der Waals surface area contributed by atoms with Gasteiger partial charge in [0.2, 0.25) is 0 Å². The van der Waals surface area contributed by atoms with Gasteiger partial charge in [0, 0.05) is 19.6 Å². The Labute approximate surface area is 147 Å². The lowest BCUT2D eigenvalue weighted by Crippen LogP contribution is -2.35. The number of hydrogen-bond acceptors (Lipinski definition) is 3. The first-order valence-corrected chi connectivity index (χ1v) is 8.89. The SMILES string of the molecule is CC(C)(C)OC(=O)N1CCC(Cn2c(CCl)nc3ccccc32)C1. The molecule has 0 saturated carbocycles. The molecule has 5 nitrogen and oxygen atoms in total. The van der Waals surface area contributed by atoms with E-state index in [9.17, 15) is 4.79 Å². The van der Waals surface area contributed by atoms with Crippen molar-refractivity contribution in [2.75, 3.05) is 13.1 Å². The van der Waals surface area contributed by atoms with Gasteiger partial charge in [-0.05, 0) is 45.2 Å². The van der Waals surface area contributed by atoms with Crippen molar-refractivity contribution in [3.05, 3.63) is 30.1 Å². The summed E-state index contributed by atoms with van der Waals surface area (Å²) in [6, 6.07) is 8.07. The van der Waals surface area contributed by atoms with Crippen molar-refractivity contribution in [1.29, 1.82) is 0 Å². The van der Waals surface area contributed by atoms with Crippen molar-refractivity contribution >= 4 is 28.7 Å². The quantitative estimate of drug-likeness (QED) is 0.786. The fourth-order valence-electron chi connectivity index (χ4n) is 3.16. The number of rotatable bonds is 3. The summed E-state index contributed by atoms with van der Waals surface area (Å²) in [5, 5.41) is 0. The predicted octanol–water partition coefficient (Wildman–Crippen LogP) is 4.03. The normalized spacial score (nSPS) is 18.3. The summed E-state index contributed by atoms with van der Waals surface area (Å²) in [7, 11) is 0. The van der Waals surface area contributed by atoms with Crippen molar-refractivity contribution in [2.45, 2.75) is 45.2 Å². The van der Waals surface area contributed by atoms with Crippen LogP contribution in [0.5, 0.6) is 0 Å². The molecule has 0 bridgehead atoms. The summed E-state index contributed by atoms with van der Waals surface area (Å²) >= 11 is 6.07. The highest BCUT2D eigenvalue weighted by atomic mass is 35.5. The number of carbonyl (C=O) groups excluding carboxylic acids is 1. The van der Waals surface area contributed by atoms with Crippen molar-refractivity contribution < 1.29 is 9.53 Å². The van der Waals surface area contributed by atoms with Crippen LogP contribution in [0.4, 0.5) is 4.79 Å². The lowest BCUT2D eigenvalue weighted by atomic mass is 10.1. The maximum atomic E-state index is 12.2. The molecule has 1 aromatic heterocycles. The maximum absolute atomic E-state index is 12.2. The minimum Gasteiger partial charge on any atom is -0.444 e. The van der Waals surface area contributed by atoms with Gasteiger partial charge in [0.1, 0.15) is 11.4 Å². The number of benzene rings is 1. The maximum Gasteiger partial charge on any atom is 0.410 e. The summed E-state index contributed by atoms with van der Waals surface area (Å²) in [6.45, 7) is 7.95. The summed E-state index contributed by atoms with van der Waals surface area (Å²) in [4.78, 5) is 18.6. The van der Waals surface area contributed by atoms with Gasteiger partial charge in [-0.25, -0.2) is 9.78 Å². The number of alkyl halides is 1. The molecule has 1 amide bonds. The molecule has 1 aromatic carbocycles. The third kappa shape index (κ3) is 3.66. The average molecular weight is 350 g/mol. The minimum atomic E-state index is -0.457. The number of amides is 1. The number of para-hydroxylation sites is 2.